The van der Waals surface area contributed by atoms with E-state index in [9.17, 15) is 4.79 Å². The van der Waals surface area contributed by atoms with Crippen LogP contribution in [-0.2, 0) is 0 Å². The van der Waals surface area contributed by atoms with E-state index in [0.29, 0.717) is 12.5 Å². The highest BCUT2D eigenvalue weighted by Gasteiger charge is 2.14. The van der Waals surface area contributed by atoms with Crippen LogP contribution < -0.4 is 15.6 Å². The first-order valence-electron chi connectivity index (χ1n) is 7.09. The van der Waals surface area contributed by atoms with Crippen molar-refractivity contribution in [2.24, 2.45) is 5.92 Å². The largest absolute Gasteiger partial charge is 0.474 e. The second-order valence-corrected chi connectivity index (χ2v) is 5.39. The molecule has 19 heavy (non-hydrogen) atoms. The molecule has 1 saturated heterocycles. The molecule has 0 aliphatic carbocycles. The van der Waals surface area contributed by atoms with Gasteiger partial charge in [0.05, 0.1) is 6.61 Å². The zero-order valence-corrected chi connectivity index (χ0v) is 11.8. The summed E-state index contributed by atoms with van der Waals surface area (Å²) in [5, 5.41) is 3.38. The lowest BCUT2D eigenvalue weighted by Crippen LogP contribution is -2.31. The highest BCUT2D eigenvalue weighted by molar-refractivity contribution is 5.05. The van der Waals surface area contributed by atoms with Crippen molar-refractivity contribution >= 4 is 0 Å². The van der Waals surface area contributed by atoms with Gasteiger partial charge in [-0.15, -0.1) is 0 Å². The number of rotatable bonds is 5. The molecule has 2 heterocycles. The summed E-state index contributed by atoms with van der Waals surface area (Å²) in [6.45, 7) is 6.69. The van der Waals surface area contributed by atoms with E-state index in [0.717, 1.165) is 19.5 Å². The minimum atomic E-state index is -0.140. The summed E-state index contributed by atoms with van der Waals surface area (Å²) in [5.74, 6) is 0.879. The van der Waals surface area contributed by atoms with Gasteiger partial charge in [0.2, 0.25) is 0 Å². The van der Waals surface area contributed by atoms with Crippen molar-refractivity contribution in [3.63, 3.8) is 0 Å². The van der Waals surface area contributed by atoms with Gasteiger partial charge >= 0.3 is 5.56 Å². The fraction of sp³-hybridized carbons (Fsp3) is 0.714. The summed E-state index contributed by atoms with van der Waals surface area (Å²) in [4.78, 5) is 16.1. The highest BCUT2D eigenvalue weighted by Crippen LogP contribution is 2.14. The van der Waals surface area contributed by atoms with Gasteiger partial charge in [-0.2, -0.15) is 0 Å². The first-order chi connectivity index (χ1) is 9.18. The Balaban J connectivity index is 1.89. The number of piperidine rings is 1. The molecular weight excluding hydrogens is 242 g/mol. The molecule has 1 atom stereocenters. The van der Waals surface area contributed by atoms with Crippen LogP contribution in [0.5, 0.6) is 5.88 Å². The lowest BCUT2D eigenvalue weighted by Gasteiger charge is -2.22. The van der Waals surface area contributed by atoms with Crippen LogP contribution in [0.2, 0.25) is 0 Å². The number of hydrogen-bond donors (Lipinski definition) is 1. The maximum Gasteiger partial charge on any atom is 0.313 e. The number of nitrogens with zero attached hydrogens (tertiary/aromatic N) is 2. The van der Waals surface area contributed by atoms with Crippen molar-refractivity contribution in [3.8, 4) is 5.88 Å². The van der Waals surface area contributed by atoms with Crippen molar-refractivity contribution in [2.75, 3.05) is 19.7 Å². The van der Waals surface area contributed by atoms with Crippen molar-refractivity contribution < 1.29 is 4.74 Å². The third-order valence-corrected chi connectivity index (χ3v) is 3.56. The van der Waals surface area contributed by atoms with Crippen molar-refractivity contribution in [1.29, 1.82) is 0 Å². The summed E-state index contributed by atoms with van der Waals surface area (Å²) >= 11 is 0. The molecule has 1 aliphatic rings. The van der Waals surface area contributed by atoms with Crippen LogP contribution in [0.1, 0.15) is 39.2 Å². The minimum Gasteiger partial charge on any atom is -0.474 e. The Labute approximate surface area is 114 Å². The molecule has 1 aromatic heterocycles. The summed E-state index contributed by atoms with van der Waals surface area (Å²) in [7, 11) is 0. The van der Waals surface area contributed by atoms with Gasteiger partial charge in [-0.05, 0) is 52.1 Å². The molecule has 1 unspecified atom stereocenters. The number of nitrogens with one attached hydrogen (secondary N) is 1. The molecule has 0 radical (unpaired) electrons. The Kier molecular flexibility index (Phi) is 4.96. The summed E-state index contributed by atoms with van der Waals surface area (Å²) in [5.41, 5.74) is -0.140. The molecule has 0 bridgehead atoms. The van der Waals surface area contributed by atoms with E-state index in [2.05, 4.69) is 10.3 Å². The summed E-state index contributed by atoms with van der Waals surface area (Å²) < 4.78 is 7.20. The Morgan fingerprint density at radius 1 is 1.58 bits per heavy atom. The quantitative estimate of drug-likeness (QED) is 0.878. The molecule has 106 valence electrons. The Morgan fingerprint density at radius 2 is 2.42 bits per heavy atom. The van der Waals surface area contributed by atoms with E-state index in [4.69, 9.17) is 4.74 Å². The topological polar surface area (TPSA) is 56.1 Å². The monoisotopic (exact) mass is 265 g/mol. The van der Waals surface area contributed by atoms with Crippen LogP contribution >= 0.6 is 0 Å². The molecule has 2 rings (SSSR count). The molecule has 0 aromatic carbocycles. The first kappa shape index (κ1) is 14.1. The third-order valence-electron chi connectivity index (χ3n) is 3.56. The van der Waals surface area contributed by atoms with Crippen LogP contribution in [-0.4, -0.2) is 29.2 Å². The zero-order chi connectivity index (χ0) is 13.7. The minimum absolute atomic E-state index is 0.125. The lowest BCUT2D eigenvalue weighted by atomic mass is 9.97. The predicted molar refractivity (Wildman–Crippen MR) is 74.6 cm³/mol. The number of aromatic nitrogens is 2. The fourth-order valence-electron chi connectivity index (χ4n) is 2.40. The van der Waals surface area contributed by atoms with E-state index in [1.54, 1.807) is 17.0 Å². The molecule has 0 spiro atoms. The van der Waals surface area contributed by atoms with Gasteiger partial charge in [-0.3, -0.25) is 4.79 Å². The fourth-order valence-corrected chi connectivity index (χ4v) is 2.40. The zero-order valence-electron chi connectivity index (χ0n) is 11.8. The second-order valence-electron chi connectivity index (χ2n) is 5.39. The molecule has 1 aromatic rings. The van der Waals surface area contributed by atoms with Gasteiger partial charge in [0.1, 0.15) is 0 Å². The van der Waals surface area contributed by atoms with Crippen molar-refractivity contribution in [2.45, 2.75) is 39.2 Å². The van der Waals surface area contributed by atoms with Gasteiger partial charge in [0.25, 0.3) is 5.88 Å². The van der Waals surface area contributed by atoms with E-state index >= 15 is 0 Å². The normalized spacial score (nSPS) is 19.6. The molecule has 5 nitrogen and oxygen atoms in total. The van der Waals surface area contributed by atoms with Crippen LogP contribution in [0.15, 0.2) is 17.2 Å². The lowest BCUT2D eigenvalue weighted by molar-refractivity contribution is 0.242. The van der Waals surface area contributed by atoms with Gasteiger partial charge in [0.15, 0.2) is 0 Å². The Hall–Kier alpha value is -1.36. The van der Waals surface area contributed by atoms with E-state index in [1.807, 2.05) is 13.8 Å². The van der Waals surface area contributed by atoms with Crippen LogP contribution in [0.4, 0.5) is 0 Å². The number of hydrogen-bond acceptors (Lipinski definition) is 4. The second kappa shape index (κ2) is 6.70. The summed E-state index contributed by atoms with van der Waals surface area (Å²) in [6, 6.07) is 0.125. The SMILES string of the molecule is CC(C)n1ccnc(OCCC2CCCNC2)c1=O. The van der Waals surface area contributed by atoms with Crippen LogP contribution in [0.3, 0.4) is 0 Å². The van der Waals surface area contributed by atoms with E-state index in [-0.39, 0.29) is 17.5 Å². The maximum absolute atomic E-state index is 12.1. The first-order valence-corrected chi connectivity index (χ1v) is 7.09. The standard InChI is InChI=1S/C14H23N3O2/c1-11(2)17-8-7-16-13(14(17)18)19-9-5-12-4-3-6-15-10-12/h7-8,11-12,15H,3-6,9-10H2,1-2H3. The van der Waals surface area contributed by atoms with Crippen LogP contribution in [0.25, 0.3) is 0 Å². The third kappa shape index (κ3) is 3.80. The molecule has 5 heteroatoms. The molecule has 1 fully saturated rings. The van der Waals surface area contributed by atoms with Crippen molar-refractivity contribution in [3.05, 3.63) is 22.7 Å². The molecule has 0 saturated carbocycles. The molecule has 1 N–H and O–H groups in total. The van der Waals surface area contributed by atoms with Gasteiger partial charge in [0, 0.05) is 18.4 Å². The Bertz CT molecular complexity index is 450. The van der Waals surface area contributed by atoms with Gasteiger partial charge < -0.3 is 14.6 Å². The van der Waals surface area contributed by atoms with Gasteiger partial charge in [-0.1, -0.05) is 0 Å². The smallest absolute Gasteiger partial charge is 0.313 e. The number of ether oxygens (including phenoxy) is 1. The Morgan fingerprint density at radius 3 is 3.11 bits per heavy atom. The highest BCUT2D eigenvalue weighted by atomic mass is 16.5. The van der Waals surface area contributed by atoms with E-state index < -0.39 is 0 Å². The van der Waals surface area contributed by atoms with E-state index in [1.165, 1.54) is 12.8 Å². The average molecular weight is 265 g/mol. The summed E-state index contributed by atoms with van der Waals surface area (Å²) in [6.07, 6.45) is 6.78. The molecule has 0 amide bonds. The molecule has 1 aliphatic heterocycles. The average Bonchev–Trinajstić information content (AvgIpc) is 2.41. The maximum atomic E-state index is 12.1. The predicted octanol–water partition coefficient (Wildman–Crippen LogP) is 1.59. The van der Waals surface area contributed by atoms with Crippen molar-refractivity contribution in [1.82, 2.24) is 14.9 Å². The van der Waals surface area contributed by atoms with Crippen LogP contribution in [0, 0.1) is 5.92 Å². The molecular formula is C14H23N3O2. The van der Waals surface area contributed by atoms with Gasteiger partial charge in [-0.25, -0.2) is 4.98 Å².